The third-order valence-electron chi connectivity index (χ3n) is 5.12. The van der Waals surface area contributed by atoms with Gasteiger partial charge in [0.15, 0.2) is 0 Å². The van der Waals surface area contributed by atoms with E-state index in [2.05, 4.69) is 0 Å². The Morgan fingerprint density at radius 1 is 1.21 bits per heavy atom. The van der Waals surface area contributed by atoms with Gasteiger partial charge in [0.05, 0.1) is 12.0 Å². The van der Waals surface area contributed by atoms with Crippen LogP contribution in [0.5, 0.6) is 0 Å². The number of non-ortho nitro benzene ring substituents is 1. The van der Waals surface area contributed by atoms with Gasteiger partial charge >= 0.3 is 5.97 Å². The second kappa shape index (κ2) is 6.59. The second-order valence-corrected chi connectivity index (χ2v) is 6.40. The second-order valence-electron chi connectivity index (χ2n) is 6.40. The van der Waals surface area contributed by atoms with Gasteiger partial charge in [0, 0.05) is 23.7 Å². The van der Waals surface area contributed by atoms with Gasteiger partial charge in [-0.25, -0.2) is 4.79 Å². The average Bonchev–Trinajstić information content (AvgIpc) is 3.00. The third-order valence-corrected chi connectivity index (χ3v) is 5.12. The Balaban J connectivity index is 1.89. The summed E-state index contributed by atoms with van der Waals surface area (Å²) in [5.41, 5.74) is 0.300. The Labute approximate surface area is 139 Å². The lowest BCUT2D eigenvalue weighted by molar-refractivity contribution is -0.384. The molecule has 1 aromatic carbocycles. The van der Waals surface area contributed by atoms with Crippen LogP contribution in [0.15, 0.2) is 24.3 Å². The van der Waals surface area contributed by atoms with Crippen molar-refractivity contribution in [2.75, 3.05) is 7.11 Å². The summed E-state index contributed by atoms with van der Waals surface area (Å²) in [6, 6.07) is 5.01. The Morgan fingerprint density at radius 2 is 1.88 bits per heavy atom. The molecule has 128 valence electrons. The number of hydrogen-bond donors (Lipinski definition) is 0. The van der Waals surface area contributed by atoms with Gasteiger partial charge in [0.1, 0.15) is 6.04 Å². The largest absolute Gasteiger partial charge is 0.467 e. The van der Waals surface area contributed by atoms with E-state index >= 15 is 0 Å². The van der Waals surface area contributed by atoms with E-state index in [4.69, 9.17) is 4.74 Å². The highest BCUT2D eigenvalue weighted by Gasteiger charge is 2.48. The van der Waals surface area contributed by atoms with Gasteiger partial charge in [-0.3, -0.25) is 14.9 Å². The Hall–Kier alpha value is -2.44. The predicted octanol–water partition coefficient (Wildman–Crippen LogP) is 2.54. The van der Waals surface area contributed by atoms with E-state index in [0.717, 1.165) is 25.7 Å². The van der Waals surface area contributed by atoms with Gasteiger partial charge in [-0.2, -0.15) is 0 Å². The average molecular weight is 332 g/mol. The maximum absolute atomic E-state index is 13.0. The Bertz CT molecular complexity index is 657. The van der Waals surface area contributed by atoms with Gasteiger partial charge in [-0.1, -0.05) is 12.8 Å². The Morgan fingerprint density at radius 3 is 2.50 bits per heavy atom. The zero-order valence-electron chi connectivity index (χ0n) is 13.5. The third kappa shape index (κ3) is 2.86. The molecule has 0 spiro atoms. The predicted molar refractivity (Wildman–Crippen MR) is 85.4 cm³/mol. The summed E-state index contributed by atoms with van der Waals surface area (Å²) in [5.74, 6) is -0.320. The summed E-state index contributed by atoms with van der Waals surface area (Å²) < 4.78 is 4.88. The molecule has 0 radical (unpaired) electrons. The number of nitrogens with zero attached hydrogens (tertiary/aromatic N) is 2. The van der Waals surface area contributed by atoms with Crippen molar-refractivity contribution in [2.24, 2.45) is 5.92 Å². The van der Waals surface area contributed by atoms with Crippen molar-refractivity contribution >= 4 is 17.6 Å². The SMILES string of the molecule is COC(=O)C1CC2CCCCC2N1C(=O)c1ccc([N+](=O)[O-])cc1. The number of fused-ring (bicyclic) bond motifs is 1. The molecule has 0 N–H and O–H groups in total. The molecule has 1 aliphatic heterocycles. The van der Waals surface area contributed by atoms with Crippen LogP contribution >= 0.6 is 0 Å². The molecule has 1 saturated heterocycles. The number of esters is 1. The van der Waals surface area contributed by atoms with Gasteiger partial charge in [0.2, 0.25) is 0 Å². The number of amides is 1. The van der Waals surface area contributed by atoms with Crippen LogP contribution in [0.2, 0.25) is 0 Å². The lowest BCUT2D eigenvalue weighted by atomic mass is 9.84. The lowest BCUT2D eigenvalue weighted by Gasteiger charge is -2.33. The maximum Gasteiger partial charge on any atom is 0.328 e. The fraction of sp³-hybridized carbons (Fsp3) is 0.529. The monoisotopic (exact) mass is 332 g/mol. The van der Waals surface area contributed by atoms with Crippen molar-refractivity contribution in [2.45, 2.75) is 44.2 Å². The molecule has 1 saturated carbocycles. The van der Waals surface area contributed by atoms with E-state index in [1.807, 2.05) is 0 Å². The minimum absolute atomic E-state index is 0.0468. The number of hydrogen-bond acceptors (Lipinski definition) is 5. The van der Waals surface area contributed by atoms with E-state index in [1.54, 1.807) is 4.90 Å². The number of carbonyl (C=O) groups excluding carboxylic acids is 2. The minimum atomic E-state index is -0.564. The van der Waals surface area contributed by atoms with Crippen LogP contribution in [0.3, 0.4) is 0 Å². The number of likely N-dealkylation sites (tertiary alicyclic amines) is 1. The smallest absolute Gasteiger partial charge is 0.328 e. The lowest BCUT2D eigenvalue weighted by Crippen LogP contribution is -2.46. The molecule has 1 aliphatic carbocycles. The van der Waals surface area contributed by atoms with Crippen LogP contribution in [0, 0.1) is 16.0 Å². The molecule has 3 rings (SSSR count). The molecular formula is C17H20N2O5. The van der Waals surface area contributed by atoms with Crippen LogP contribution in [-0.2, 0) is 9.53 Å². The number of carbonyl (C=O) groups is 2. The zero-order valence-corrected chi connectivity index (χ0v) is 13.5. The first-order valence-corrected chi connectivity index (χ1v) is 8.18. The molecule has 24 heavy (non-hydrogen) atoms. The molecule has 3 unspecified atom stereocenters. The van der Waals surface area contributed by atoms with Crippen molar-refractivity contribution in [3.8, 4) is 0 Å². The number of benzene rings is 1. The summed E-state index contributed by atoms with van der Waals surface area (Å²) in [4.78, 5) is 37.0. The highest BCUT2D eigenvalue weighted by molar-refractivity contribution is 5.97. The van der Waals surface area contributed by atoms with Gasteiger partial charge in [-0.05, 0) is 37.3 Å². The van der Waals surface area contributed by atoms with E-state index in [0.29, 0.717) is 17.9 Å². The molecule has 1 heterocycles. The van der Waals surface area contributed by atoms with E-state index in [1.165, 1.54) is 31.4 Å². The maximum atomic E-state index is 13.0. The molecule has 7 nitrogen and oxygen atoms in total. The number of methoxy groups -OCH3 is 1. The van der Waals surface area contributed by atoms with E-state index in [9.17, 15) is 19.7 Å². The molecule has 3 atom stereocenters. The molecule has 2 fully saturated rings. The van der Waals surface area contributed by atoms with Crippen LogP contribution in [0.1, 0.15) is 42.5 Å². The van der Waals surface area contributed by atoms with Gasteiger partial charge in [-0.15, -0.1) is 0 Å². The van der Waals surface area contributed by atoms with Crippen LogP contribution in [0.4, 0.5) is 5.69 Å². The standard InChI is InChI=1S/C17H20N2O5/c1-24-17(21)15-10-12-4-2-3-5-14(12)18(15)16(20)11-6-8-13(9-7-11)19(22)23/h6-9,12,14-15H,2-5,10H2,1H3. The fourth-order valence-electron chi connectivity index (χ4n) is 3.97. The fourth-order valence-corrected chi connectivity index (χ4v) is 3.97. The molecule has 0 bridgehead atoms. The first-order chi connectivity index (χ1) is 11.5. The first kappa shape index (κ1) is 16.4. The summed E-state index contributed by atoms with van der Waals surface area (Å²) in [6.45, 7) is 0. The van der Waals surface area contributed by atoms with Crippen molar-refractivity contribution in [3.63, 3.8) is 0 Å². The molecule has 1 amide bonds. The number of nitro benzene ring substituents is 1. The highest BCUT2D eigenvalue weighted by atomic mass is 16.6. The van der Waals surface area contributed by atoms with Crippen molar-refractivity contribution in [3.05, 3.63) is 39.9 Å². The van der Waals surface area contributed by atoms with Gasteiger partial charge in [0.25, 0.3) is 11.6 Å². The quantitative estimate of drug-likeness (QED) is 0.482. The molecular weight excluding hydrogens is 312 g/mol. The van der Waals surface area contributed by atoms with Crippen molar-refractivity contribution < 1.29 is 19.2 Å². The summed E-state index contributed by atoms with van der Waals surface area (Å²) in [5, 5.41) is 10.8. The van der Waals surface area contributed by atoms with Crippen LogP contribution in [-0.4, -0.2) is 40.9 Å². The minimum Gasteiger partial charge on any atom is -0.467 e. The Kier molecular flexibility index (Phi) is 4.51. The molecule has 0 aromatic heterocycles. The van der Waals surface area contributed by atoms with Crippen LogP contribution in [0.25, 0.3) is 0 Å². The van der Waals surface area contributed by atoms with Crippen molar-refractivity contribution in [1.82, 2.24) is 4.90 Å². The number of nitro groups is 1. The van der Waals surface area contributed by atoms with Crippen molar-refractivity contribution in [1.29, 1.82) is 0 Å². The summed E-state index contributed by atoms with van der Waals surface area (Å²) in [6.07, 6.45) is 4.70. The number of ether oxygens (including phenoxy) is 1. The zero-order chi connectivity index (χ0) is 17.3. The molecule has 2 aliphatic rings. The van der Waals surface area contributed by atoms with E-state index < -0.39 is 11.0 Å². The van der Waals surface area contributed by atoms with E-state index in [-0.39, 0.29) is 23.6 Å². The van der Waals surface area contributed by atoms with Gasteiger partial charge < -0.3 is 9.64 Å². The molecule has 1 aromatic rings. The normalized spacial score (nSPS) is 25.9. The highest BCUT2D eigenvalue weighted by Crippen LogP contribution is 2.40. The summed E-state index contributed by atoms with van der Waals surface area (Å²) >= 11 is 0. The first-order valence-electron chi connectivity index (χ1n) is 8.18. The summed E-state index contributed by atoms with van der Waals surface area (Å²) in [7, 11) is 1.33. The number of rotatable bonds is 3. The van der Waals surface area contributed by atoms with Crippen LogP contribution < -0.4 is 0 Å². The topological polar surface area (TPSA) is 89.8 Å². The molecule has 7 heteroatoms.